The van der Waals surface area contributed by atoms with Crippen molar-refractivity contribution >= 4 is 18.2 Å². The molecule has 0 aliphatic heterocycles. The molecule has 0 saturated carbocycles. The average Bonchev–Trinajstić information content (AvgIpc) is 2.49. The summed E-state index contributed by atoms with van der Waals surface area (Å²) in [4.78, 5) is 0. The van der Waals surface area contributed by atoms with E-state index in [1.54, 1.807) is 0 Å². The summed E-state index contributed by atoms with van der Waals surface area (Å²) in [5.41, 5.74) is 9.26. The standard InChI is InChI=1S/C12H15N3.ClH/c1-9-3-5-11(6-4-9)8-15-12(13)7-10(2)14-15;/h3-7H,8,13H2,1-2H3;1H. The molecule has 2 rings (SSSR count). The summed E-state index contributed by atoms with van der Waals surface area (Å²) in [5.74, 6) is 0.716. The summed E-state index contributed by atoms with van der Waals surface area (Å²) in [5, 5.41) is 4.32. The average molecular weight is 238 g/mol. The predicted molar refractivity (Wildman–Crippen MR) is 68.9 cm³/mol. The van der Waals surface area contributed by atoms with Crippen molar-refractivity contribution in [2.24, 2.45) is 0 Å². The Morgan fingerprint density at radius 2 is 1.81 bits per heavy atom. The van der Waals surface area contributed by atoms with Crippen LogP contribution in [-0.2, 0) is 6.54 Å². The highest BCUT2D eigenvalue weighted by Gasteiger charge is 2.01. The van der Waals surface area contributed by atoms with Crippen molar-refractivity contribution in [3.8, 4) is 0 Å². The maximum Gasteiger partial charge on any atom is 0.122 e. The highest BCUT2D eigenvalue weighted by atomic mass is 35.5. The number of hydrogen-bond acceptors (Lipinski definition) is 2. The van der Waals surface area contributed by atoms with E-state index in [1.165, 1.54) is 11.1 Å². The van der Waals surface area contributed by atoms with E-state index in [-0.39, 0.29) is 12.4 Å². The van der Waals surface area contributed by atoms with Gasteiger partial charge >= 0.3 is 0 Å². The van der Waals surface area contributed by atoms with E-state index >= 15 is 0 Å². The third kappa shape index (κ3) is 2.76. The summed E-state index contributed by atoms with van der Waals surface area (Å²) in [6.45, 7) is 4.76. The summed E-state index contributed by atoms with van der Waals surface area (Å²) in [6.07, 6.45) is 0. The minimum atomic E-state index is 0. The third-order valence-electron chi connectivity index (χ3n) is 2.39. The van der Waals surface area contributed by atoms with E-state index in [0.717, 1.165) is 12.2 Å². The highest BCUT2D eigenvalue weighted by molar-refractivity contribution is 5.85. The van der Waals surface area contributed by atoms with Crippen LogP contribution in [0.25, 0.3) is 0 Å². The SMILES string of the molecule is Cc1ccc(Cn2nc(C)cc2N)cc1.Cl. The van der Waals surface area contributed by atoms with Crippen LogP contribution in [0.3, 0.4) is 0 Å². The zero-order chi connectivity index (χ0) is 10.8. The van der Waals surface area contributed by atoms with Crippen molar-refractivity contribution in [3.63, 3.8) is 0 Å². The Morgan fingerprint density at radius 1 is 1.19 bits per heavy atom. The van der Waals surface area contributed by atoms with E-state index < -0.39 is 0 Å². The first-order valence-electron chi connectivity index (χ1n) is 5.00. The number of rotatable bonds is 2. The Balaban J connectivity index is 0.00000128. The first-order valence-corrected chi connectivity index (χ1v) is 5.00. The van der Waals surface area contributed by atoms with E-state index in [0.29, 0.717) is 5.82 Å². The normalized spacial score (nSPS) is 9.88. The second-order valence-electron chi connectivity index (χ2n) is 3.85. The Kier molecular flexibility index (Phi) is 3.96. The molecule has 3 nitrogen and oxygen atoms in total. The number of nitrogens with two attached hydrogens (primary N) is 1. The molecule has 4 heteroatoms. The van der Waals surface area contributed by atoms with Crippen LogP contribution in [0.15, 0.2) is 30.3 Å². The molecule has 0 unspecified atom stereocenters. The summed E-state index contributed by atoms with van der Waals surface area (Å²) >= 11 is 0. The minimum Gasteiger partial charge on any atom is -0.384 e. The first kappa shape index (κ1) is 12.6. The Morgan fingerprint density at radius 3 is 2.31 bits per heavy atom. The number of nitrogens with zero attached hydrogens (tertiary/aromatic N) is 2. The van der Waals surface area contributed by atoms with Gasteiger partial charge in [-0.2, -0.15) is 5.10 Å². The van der Waals surface area contributed by atoms with Crippen LogP contribution in [-0.4, -0.2) is 9.78 Å². The molecule has 0 aliphatic carbocycles. The number of halogens is 1. The molecule has 0 saturated heterocycles. The van der Waals surface area contributed by atoms with E-state index in [2.05, 4.69) is 36.3 Å². The molecule has 0 atom stereocenters. The number of nitrogen functional groups attached to an aromatic ring is 1. The van der Waals surface area contributed by atoms with Gasteiger partial charge < -0.3 is 5.73 Å². The molecule has 1 aromatic heterocycles. The first-order chi connectivity index (χ1) is 7.15. The molecular weight excluding hydrogens is 222 g/mol. The number of hydrogen-bond donors (Lipinski definition) is 1. The molecule has 16 heavy (non-hydrogen) atoms. The largest absolute Gasteiger partial charge is 0.384 e. The van der Waals surface area contributed by atoms with Gasteiger partial charge in [0.1, 0.15) is 5.82 Å². The Labute approximate surface area is 102 Å². The van der Waals surface area contributed by atoms with Gasteiger partial charge in [0.2, 0.25) is 0 Å². The number of aryl methyl sites for hydroxylation is 2. The highest BCUT2D eigenvalue weighted by Crippen LogP contribution is 2.10. The van der Waals surface area contributed by atoms with Crippen molar-refractivity contribution in [2.75, 3.05) is 5.73 Å². The van der Waals surface area contributed by atoms with Crippen molar-refractivity contribution in [1.29, 1.82) is 0 Å². The minimum absolute atomic E-state index is 0. The smallest absolute Gasteiger partial charge is 0.122 e. The molecule has 0 bridgehead atoms. The summed E-state index contributed by atoms with van der Waals surface area (Å²) in [6, 6.07) is 10.3. The second-order valence-corrected chi connectivity index (χ2v) is 3.85. The van der Waals surface area contributed by atoms with Crippen LogP contribution in [0.2, 0.25) is 0 Å². The van der Waals surface area contributed by atoms with Crippen molar-refractivity contribution in [2.45, 2.75) is 20.4 Å². The van der Waals surface area contributed by atoms with Gasteiger partial charge in [0.15, 0.2) is 0 Å². The van der Waals surface area contributed by atoms with E-state index in [1.807, 2.05) is 17.7 Å². The van der Waals surface area contributed by atoms with Crippen LogP contribution in [0.5, 0.6) is 0 Å². The maximum atomic E-state index is 5.82. The van der Waals surface area contributed by atoms with E-state index in [4.69, 9.17) is 5.73 Å². The van der Waals surface area contributed by atoms with Gasteiger partial charge in [-0.1, -0.05) is 29.8 Å². The fraction of sp³-hybridized carbons (Fsp3) is 0.250. The maximum absolute atomic E-state index is 5.82. The van der Waals surface area contributed by atoms with Gasteiger partial charge in [-0.15, -0.1) is 12.4 Å². The molecule has 0 spiro atoms. The van der Waals surface area contributed by atoms with Crippen molar-refractivity contribution in [1.82, 2.24) is 9.78 Å². The van der Waals surface area contributed by atoms with Crippen LogP contribution in [0.1, 0.15) is 16.8 Å². The molecule has 0 radical (unpaired) electrons. The van der Waals surface area contributed by atoms with Crippen LogP contribution in [0, 0.1) is 13.8 Å². The van der Waals surface area contributed by atoms with Gasteiger partial charge in [0.05, 0.1) is 12.2 Å². The lowest BCUT2D eigenvalue weighted by molar-refractivity contribution is 0.689. The molecule has 0 fully saturated rings. The van der Waals surface area contributed by atoms with Crippen molar-refractivity contribution < 1.29 is 0 Å². The molecule has 0 aliphatic rings. The van der Waals surface area contributed by atoms with Gasteiger partial charge in [-0.3, -0.25) is 0 Å². The molecule has 2 aromatic rings. The van der Waals surface area contributed by atoms with Crippen LogP contribution >= 0.6 is 12.4 Å². The molecule has 86 valence electrons. The van der Waals surface area contributed by atoms with Gasteiger partial charge in [-0.25, -0.2) is 4.68 Å². The number of benzene rings is 1. The number of aromatic nitrogens is 2. The fourth-order valence-corrected chi connectivity index (χ4v) is 1.56. The monoisotopic (exact) mass is 237 g/mol. The third-order valence-corrected chi connectivity index (χ3v) is 2.39. The number of anilines is 1. The lowest BCUT2D eigenvalue weighted by Crippen LogP contribution is -2.05. The molecule has 2 N–H and O–H groups in total. The molecule has 1 heterocycles. The lowest BCUT2D eigenvalue weighted by Gasteiger charge is -2.04. The molecule has 0 amide bonds. The zero-order valence-corrected chi connectivity index (χ0v) is 10.3. The fourth-order valence-electron chi connectivity index (χ4n) is 1.56. The predicted octanol–water partition coefficient (Wildman–Crippen LogP) is 2.55. The second kappa shape index (κ2) is 5.03. The summed E-state index contributed by atoms with van der Waals surface area (Å²) < 4.78 is 1.82. The molecular formula is C12H16ClN3. The van der Waals surface area contributed by atoms with Gasteiger partial charge in [0, 0.05) is 6.07 Å². The summed E-state index contributed by atoms with van der Waals surface area (Å²) in [7, 11) is 0. The van der Waals surface area contributed by atoms with E-state index in [9.17, 15) is 0 Å². The van der Waals surface area contributed by atoms with Gasteiger partial charge in [-0.05, 0) is 19.4 Å². The van der Waals surface area contributed by atoms with Crippen LogP contribution in [0.4, 0.5) is 5.82 Å². The quantitative estimate of drug-likeness (QED) is 0.873. The zero-order valence-electron chi connectivity index (χ0n) is 9.47. The van der Waals surface area contributed by atoms with Crippen LogP contribution < -0.4 is 5.73 Å². The Bertz CT molecular complexity index is 460. The topological polar surface area (TPSA) is 43.8 Å². The Hall–Kier alpha value is -1.48. The molecule has 1 aromatic carbocycles. The van der Waals surface area contributed by atoms with Crippen molar-refractivity contribution in [3.05, 3.63) is 47.2 Å². The lowest BCUT2D eigenvalue weighted by atomic mass is 10.1. The van der Waals surface area contributed by atoms with Gasteiger partial charge in [0.25, 0.3) is 0 Å².